The fourth-order valence-corrected chi connectivity index (χ4v) is 2.14. The minimum absolute atomic E-state index is 0.0387. The van der Waals surface area contributed by atoms with Crippen LogP contribution < -0.4 is 10.9 Å². The molecule has 1 aromatic carbocycles. The van der Waals surface area contributed by atoms with Gasteiger partial charge in [0.1, 0.15) is 0 Å². The molecule has 2 N–H and O–H groups in total. The van der Waals surface area contributed by atoms with Crippen molar-refractivity contribution in [2.75, 3.05) is 0 Å². The van der Waals surface area contributed by atoms with Crippen molar-refractivity contribution in [1.29, 1.82) is 0 Å². The number of nitrogens with zero attached hydrogens (tertiary/aromatic N) is 2. The van der Waals surface area contributed by atoms with Gasteiger partial charge in [0.05, 0.1) is 12.1 Å². The van der Waals surface area contributed by atoms with Crippen molar-refractivity contribution in [3.8, 4) is 0 Å². The second-order valence-corrected chi connectivity index (χ2v) is 5.25. The molecule has 7 heteroatoms. The highest BCUT2D eigenvalue weighted by Gasteiger charge is 2.28. The number of hydrazone groups is 2. The molecular formula is C13H13BrN4O2. The van der Waals surface area contributed by atoms with Crippen molar-refractivity contribution in [3.63, 3.8) is 0 Å². The van der Waals surface area contributed by atoms with E-state index < -0.39 is 5.92 Å². The highest BCUT2D eigenvalue weighted by Crippen LogP contribution is 2.11. The molecule has 2 rings (SSSR count). The second kappa shape index (κ2) is 6.42. The maximum atomic E-state index is 11.7. The van der Waals surface area contributed by atoms with E-state index in [-0.39, 0.29) is 18.2 Å². The molecule has 0 aliphatic carbocycles. The molecule has 1 atom stereocenters. The molecular weight excluding hydrogens is 324 g/mol. The average molecular weight is 337 g/mol. The van der Waals surface area contributed by atoms with Crippen LogP contribution in [0.1, 0.15) is 18.9 Å². The summed E-state index contributed by atoms with van der Waals surface area (Å²) in [6, 6.07) is 7.51. The van der Waals surface area contributed by atoms with E-state index in [1.165, 1.54) is 0 Å². The number of hydrogen-bond acceptors (Lipinski definition) is 4. The number of rotatable bonds is 4. The maximum absolute atomic E-state index is 11.7. The number of carbonyl (C=O) groups is 2. The van der Waals surface area contributed by atoms with Crippen LogP contribution in [0.3, 0.4) is 0 Å². The Morgan fingerprint density at radius 1 is 1.60 bits per heavy atom. The van der Waals surface area contributed by atoms with E-state index in [9.17, 15) is 9.59 Å². The van der Waals surface area contributed by atoms with Crippen LogP contribution in [-0.2, 0) is 9.59 Å². The first-order valence-electron chi connectivity index (χ1n) is 5.98. The molecule has 0 spiro atoms. The molecule has 0 saturated heterocycles. The predicted octanol–water partition coefficient (Wildman–Crippen LogP) is 1.41. The molecule has 1 aromatic rings. The van der Waals surface area contributed by atoms with Crippen molar-refractivity contribution >= 4 is 39.7 Å². The van der Waals surface area contributed by atoms with Crippen molar-refractivity contribution in [2.24, 2.45) is 16.1 Å². The lowest BCUT2D eigenvalue weighted by Gasteiger charge is -2.05. The first-order valence-corrected chi connectivity index (χ1v) is 6.77. The lowest BCUT2D eigenvalue weighted by molar-refractivity contribution is -0.127. The summed E-state index contributed by atoms with van der Waals surface area (Å²) in [4.78, 5) is 23.1. The number of carbonyl (C=O) groups excluding carboxylic acids is 2. The van der Waals surface area contributed by atoms with E-state index in [0.29, 0.717) is 5.71 Å². The summed E-state index contributed by atoms with van der Waals surface area (Å²) in [5.74, 6) is -1.09. The molecule has 0 radical (unpaired) electrons. The van der Waals surface area contributed by atoms with Crippen molar-refractivity contribution in [1.82, 2.24) is 10.9 Å². The van der Waals surface area contributed by atoms with Gasteiger partial charge in [0.2, 0.25) is 11.8 Å². The topological polar surface area (TPSA) is 82.9 Å². The zero-order chi connectivity index (χ0) is 14.5. The zero-order valence-corrected chi connectivity index (χ0v) is 12.3. The van der Waals surface area contributed by atoms with Gasteiger partial charge in [0.15, 0.2) is 0 Å². The molecule has 1 heterocycles. The number of nitrogens with one attached hydrogen (secondary N) is 2. The van der Waals surface area contributed by atoms with E-state index in [4.69, 9.17) is 0 Å². The van der Waals surface area contributed by atoms with Gasteiger partial charge in [-0.15, -0.1) is 0 Å². The van der Waals surface area contributed by atoms with Crippen LogP contribution in [0.15, 0.2) is 38.9 Å². The summed E-state index contributed by atoms with van der Waals surface area (Å²) < 4.78 is 0.933. The van der Waals surface area contributed by atoms with Gasteiger partial charge in [-0.1, -0.05) is 28.1 Å². The molecule has 0 saturated carbocycles. The normalized spacial score (nSPS) is 18.0. The van der Waals surface area contributed by atoms with Gasteiger partial charge in [-0.2, -0.15) is 10.2 Å². The molecule has 20 heavy (non-hydrogen) atoms. The monoisotopic (exact) mass is 336 g/mol. The Labute approximate surface area is 124 Å². The average Bonchev–Trinajstić information content (AvgIpc) is 2.71. The summed E-state index contributed by atoms with van der Waals surface area (Å²) >= 11 is 3.35. The third-order valence-electron chi connectivity index (χ3n) is 2.80. The van der Waals surface area contributed by atoms with Crippen LogP contribution in [0.2, 0.25) is 0 Å². The summed E-state index contributed by atoms with van der Waals surface area (Å²) in [5, 5.41) is 7.64. The van der Waals surface area contributed by atoms with E-state index in [2.05, 4.69) is 37.0 Å². The number of hydrogen-bond donors (Lipinski definition) is 2. The molecule has 1 unspecified atom stereocenters. The number of amides is 2. The van der Waals surface area contributed by atoms with Gasteiger partial charge in [0.25, 0.3) is 0 Å². The third-order valence-corrected chi connectivity index (χ3v) is 3.30. The molecule has 6 nitrogen and oxygen atoms in total. The third kappa shape index (κ3) is 3.74. The molecule has 2 amide bonds. The van der Waals surface area contributed by atoms with Crippen LogP contribution in [0.5, 0.6) is 0 Å². The summed E-state index contributed by atoms with van der Waals surface area (Å²) in [6.45, 7) is 1.71. The minimum atomic E-state index is -0.504. The largest absolute Gasteiger partial charge is 0.273 e. The molecule has 1 aliphatic rings. The van der Waals surface area contributed by atoms with Gasteiger partial charge in [-0.3, -0.25) is 9.59 Å². The van der Waals surface area contributed by atoms with Crippen LogP contribution >= 0.6 is 15.9 Å². The highest BCUT2D eigenvalue weighted by atomic mass is 79.9. The van der Waals surface area contributed by atoms with Crippen LogP contribution in [0.25, 0.3) is 0 Å². The summed E-state index contributed by atoms with van der Waals surface area (Å²) in [5.41, 5.74) is 6.21. The molecule has 0 bridgehead atoms. The number of halogens is 1. The van der Waals surface area contributed by atoms with Gasteiger partial charge in [-0.25, -0.2) is 10.9 Å². The number of benzene rings is 1. The Hall–Kier alpha value is -2.02. The zero-order valence-electron chi connectivity index (χ0n) is 10.8. The first kappa shape index (κ1) is 14.4. The Balaban J connectivity index is 1.86. The van der Waals surface area contributed by atoms with Gasteiger partial charge in [0, 0.05) is 16.6 Å². The van der Waals surface area contributed by atoms with Crippen molar-refractivity contribution in [2.45, 2.75) is 13.3 Å². The smallest absolute Gasteiger partial charge is 0.249 e. The predicted molar refractivity (Wildman–Crippen MR) is 79.2 cm³/mol. The SMILES string of the molecule is CC1=NNC(=O)C1CC(=O)N/N=C/c1cccc(Br)c1. The molecule has 1 aliphatic heterocycles. The minimum Gasteiger partial charge on any atom is -0.273 e. The standard InChI is InChI=1S/C13H13BrN4O2/c1-8-11(13(20)18-16-8)6-12(19)17-15-7-9-3-2-4-10(14)5-9/h2-5,7,11H,6H2,1H3,(H,17,19)(H,18,20)/b15-7+. The fourth-order valence-electron chi connectivity index (χ4n) is 1.73. The van der Waals surface area contributed by atoms with Crippen LogP contribution in [-0.4, -0.2) is 23.7 Å². The van der Waals surface area contributed by atoms with Crippen LogP contribution in [0.4, 0.5) is 0 Å². The quantitative estimate of drug-likeness (QED) is 0.643. The first-order chi connectivity index (χ1) is 9.56. The lowest BCUT2D eigenvalue weighted by Crippen LogP contribution is -2.29. The highest BCUT2D eigenvalue weighted by molar-refractivity contribution is 9.10. The second-order valence-electron chi connectivity index (χ2n) is 4.33. The molecule has 104 valence electrons. The Morgan fingerprint density at radius 3 is 3.05 bits per heavy atom. The van der Waals surface area contributed by atoms with Gasteiger partial charge < -0.3 is 0 Å². The maximum Gasteiger partial charge on any atom is 0.249 e. The lowest BCUT2D eigenvalue weighted by atomic mass is 10.0. The Bertz CT molecular complexity index is 598. The van der Waals surface area contributed by atoms with Crippen molar-refractivity contribution in [3.05, 3.63) is 34.3 Å². The van der Waals surface area contributed by atoms with Gasteiger partial charge >= 0.3 is 0 Å². The van der Waals surface area contributed by atoms with E-state index in [1.54, 1.807) is 13.1 Å². The van der Waals surface area contributed by atoms with Crippen LogP contribution in [0, 0.1) is 5.92 Å². The summed E-state index contributed by atoms with van der Waals surface area (Å²) in [7, 11) is 0. The van der Waals surface area contributed by atoms with E-state index in [1.807, 2.05) is 24.3 Å². The Kier molecular flexibility index (Phi) is 4.62. The summed E-state index contributed by atoms with van der Waals surface area (Å²) in [6.07, 6.45) is 1.58. The van der Waals surface area contributed by atoms with E-state index in [0.717, 1.165) is 10.0 Å². The van der Waals surface area contributed by atoms with Crippen molar-refractivity contribution < 1.29 is 9.59 Å². The van der Waals surface area contributed by atoms with Gasteiger partial charge in [-0.05, 0) is 24.6 Å². The van der Waals surface area contributed by atoms with E-state index >= 15 is 0 Å². The molecule has 0 aromatic heterocycles. The fraction of sp³-hybridized carbons (Fsp3) is 0.231. The Morgan fingerprint density at radius 2 is 2.40 bits per heavy atom. The molecule has 0 fully saturated rings.